The van der Waals surface area contributed by atoms with Crippen molar-refractivity contribution >= 4 is 43.5 Å². The van der Waals surface area contributed by atoms with Crippen molar-refractivity contribution in [2.45, 2.75) is 13.0 Å². The van der Waals surface area contributed by atoms with Crippen LogP contribution in [0.25, 0.3) is 0 Å². The van der Waals surface area contributed by atoms with E-state index in [1.807, 2.05) is 31.2 Å². The molecule has 0 aromatic heterocycles. The van der Waals surface area contributed by atoms with E-state index in [1.165, 1.54) is 0 Å². The zero-order valence-electron chi connectivity index (χ0n) is 10.7. The van der Waals surface area contributed by atoms with Gasteiger partial charge in [-0.05, 0) is 58.7 Å². The average Bonchev–Trinajstić information content (AvgIpc) is 2.43. The second kappa shape index (κ2) is 6.94. The number of hydrogen-bond acceptors (Lipinski definition) is 2. The molecule has 0 amide bonds. The van der Waals surface area contributed by atoms with E-state index in [-0.39, 0.29) is 0 Å². The fourth-order valence-corrected chi connectivity index (χ4v) is 3.02. The van der Waals surface area contributed by atoms with Crippen LogP contribution in [0.5, 0.6) is 5.75 Å². The Morgan fingerprint density at radius 2 is 1.90 bits per heavy atom. The van der Waals surface area contributed by atoms with E-state index in [4.69, 9.17) is 16.3 Å². The molecule has 2 aromatic carbocycles. The Hall–Kier alpha value is -0.550. The Morgan fingerprint density at radius 1 is 1.15 bits per heavy atom. The summed E-state index contributed by atoms with van der Waals surface area (Å²) in [6.45, 7) is 2.53. The number of ether oxygens (including phenoxy) is 1. The number of benzene rings is 2. The summed E-state index contributed by atoms with van der Waals surface area (Å²) in [5.41, 5.74) is 1.50. The van der Waals surface area contributed by atoms with Crippen LogP contribution < -0.4 is 4.74 Å². The molecule has 106 valence electrons. The van der Waals surface area contributed by atoms with Crippen molar-refractivity contribution in [1.82, 2.24) is 0 Å². The molecule has 2 nitrogen and oxygen atoms in total. The number of aliphatic hydroxyl groups excluding tert-OH is 1. The lowest BCUT2D eigenvalue weighted by Crippen LogP contribution is -2.01. The molecule has 1 atom stereocenters. The molecule has 0 fully saturated rings. The topological polar surface area (TPSA) is 29.5 Å². The average molecular weight is 421 g/mol. The summed E-state index contributed by atoms with van der Waals surface area (Å²) in [5, 5.41) is 11.1. The first-order valence-corrected chi connectivity index (χ1v) is 8.04. The van der Waals surface area contributed by atoms with Crippen LogP contribution in [0.15, 0.2) is 45.3 Å². The molecule has 1 N–H and O–H groups in total. The van der Waals surface area contributed by atoms with Gasteiger partial charge in [-0.15, -0.1) is 0 Å². The molecule has 0 spiro atoms. The zero-order chi connectivity index (χ0) is 14.7. The van der Waals surface area contributed by atoms with E-state index in [9.17, 15) is 5.11 Å². The second-order valence-electron chi connectivity index (χ2n) is 4.19. The largest absolute Gasteiger partial charge is 0.493 e. The number of rotatable bonds is 4. The molecule has 1 unspecified atom stereocenters. The van der Waals surface area contributed by atoms with Gasteiger partial charge < -0.3 is 9.84 Å². The van der Waals surface area contributed by atoms with Crippen LogP contribution in [0.1, 0.15) is 24.2 Å². The third kappa shape index (κ3) is 3.55. The molecule has 0 saturated carbocycles. The van der Waals surface area contributed by atoms with E-state index in [2.05, 4.69) is 31.9 Å². The van der Waals surface area contributed by atoms with Crippen molar-refractivity contribution in [3.05, 3.63) is 61.5 Å². The minimum atomic E-state index is -0.755. The Bertz CT molecular complexity index is 617. The van der Waals surface area contributed by atoms with Crippen molar-refractivity contribution in [2.75, 3.05) is 6.61 Å². The number of halogens is 3. The molecule has 0 saturated heterocycles. The molecule has 2 rings (SSSR count). The van der Waals surface area contributed by atoms with Gasteiger partial charge in [-0.25, -0.2) is 0 Å². The summed E-state index contributed by atoms with van der Waals surface area (Å²) in [7, 11) is 0. The summed E-state index contributed by atoms with van der Waals surface area (Å²) >= 11 is 12.9. The van der Waals surface area contributed by atoms with Crippen molar-refractivity contribution in [2.24, 2.45) is 0 Å². The number of aliphatic hydroxyl groups is 1. The van der Waals surface area contributed by atoms with Crippen LogP contribution in [-0.2, 0) is 0 Å². The van der Waals surface area contributed by atoms with Gasteiger partial charge in [0.1, 0.15) is 11.9 Å². The molecular weight excluding hydrogens is 407 g/mol. The van der Waals surface area contributed by atoms with Gasteiger partial charge in [0, 0.05) is 15.1 Å². The first kappa shape index (κ1) is 15.8. The fraction of sp³-hybridized carbons (Fsp3) is 0.200. The summed E-state index contributed by atoms with van der Waals surface area (Å²) in [4.78, 5) is 0. The highest BCUT2D eigenvalue weighted by Crippen LogP contribution is 2.34. The predicted molar refractivity (Wildman–Crippen MR) is 88.5 cm³/mol. The van der Waals surface area contributed by atoms with Crippen molar-refractivity contribution in [3.63, 3.8) is 0 Å². The first-order chi connectivity index (χ1) is 9.52. The van der Waals surface area contributed by atoms with Crippen LogP contribution in [0.4, 0.5) is 0 Å². The third-order valence-electron chi connectivity index (χ3n) is 2.82. The molecule has 0 radical (unpaired) electrons. The molecule has 2 aromatic rings. The number of hydrogen-bond donors (Lipinski definition) is 1. The summed E-state index contributed by atoms with van der Waals surface area (Å²) in [6, 6.07) is 10.9. The van der Waals surface area contributed by atoms with Gasteiger partial charge in [-0.3, -0.25) is 0 Å². The maximum Gasteiger partial charge on any atom is 0.133 e. The maximum absolute atomic E-state index is 10.5. The van der Waals surface area contributed by atoms with Crippen LogP contribution in [0.2, 0.25) is 5.02 Å². The van der Waals surface area contributed by atoms with Gasteiger partial charge >= 0.3 is 0 Å². The predicted octanol–water partition coefficient (Wildman–Crippen LogP) is 5.35. The molecule has 5 heteroatoms. The Kier molecular flexibility index (Phi) is 5.49. The maximum atomic E-state index is 10.5. The van der Waals surface area contributed by atoms with Crippen LogP contribution in [0, 0.1) is 0 Å². The van der Waals surface area contributed by atoms with E-state index < -0.39 is 6.10 Å². The van der Waals surface area contributed by atoms with Gasteiger partial charge in [0.25, 0.3) is 0 Å². The molecule has 0 aliphatic heterocycles. The second-order valence-corrected chi connectivity index (χ2v) is 6.34. The van der Waals surface area contributed by atoms with E-state index >= 15 is 0 Å². The quantitative estimate of drug-likeness (QED) is 0.723. The minimum absolute atomic E-state index is 0.590. The fourth-order valence-electron chi connectivity index (χ4n) is 1.86. The first-order valence-electron chi connectivity index (χ1n) is 6.08. The smallest absolute Gasteiger partial charge is 0.133 e. The summed E-state index contributed by atoms with van der Waals surface area (Å²) < 4.78 is 7.09. The van der Waals surface area contributed by atoms with Crippen LogP contribution >= 0.6 is 43.5 Å². The van der Waals surface area contributed by atoms with Gasteiger partial charge in [0.05, 0.1) is 11.1 Å². The lowest BCUT2D eigenvalue weighted by atomic mass is 10.0. The Labute approximate surface area is 140 Å². The highest BCUT2D eigenvalue weighted by molar-refractivity contribution is 9.10. The lowest BCUT2D eigenvalue weighted by molar-refractivity contribution is 0.219. The van der Waals surface area contributed by atoms with Crippen molar-refractivity contribution < 1.29 is 9.84 Å². The molecule has 0 aliphatic carbocycles. The van der Waals surface area contributed by atoms with Gasteiger partial charge in [-0.2, -0.15) is 0 Å². The standard InChI is InChI=1S/C15H13Br2ClO2/c1-2-20-14-6-3-9(7-13(14)17)15(19)11-8-10(18)4-5-12(11)16/h3-8,15,19H,2H2,1H3. The van der Waals surface area contributed by atoms with E-state index in [0.717, 1.165) is 25.8 Å². The van der Waals surface area contributed by atoms with Crippen molar-refractivity contribution in [1.29, 1.82) is 0 Å². The minimum Gasteiger partial charge on any atom is -0.493 e. The van der Waals surface area contributed by atoms with Crippen LogP contribution in [0.3, 0.4) is 0 Å². The molecular formula is C15H13Br2ClO2. The summed E-state index contributed by atoms with van der Waals surface area (Å²) in [5.74, 6) is 0.758. The van der Waals surface area contributed by atoms with Gasteiger partial charge in [-0.1, -0.05) is 33.6 Å². The Morgan fingerprint density at radius 3 is 2.55 bits per heavy atom. The summed E-state index contributed by atoms with van der Waals surface area (Å²) in [6.07, 6.45) is -0.755. The van der Waals surface area contributed by atoms with E-state index in [0.29, 0.717) is 11.6 Å². The van der Waals surface area contributed by atoms with E-state index in [1.54, 1.807) is 12.1 Å². The normalized spacial score (nSPS) is 12.2. The SMILES string of the molecule is CCOc1ccc(C(O)c2cc(Cl)ccc2Br)cc1Br. The molecule has 0 aliphatic rings. The van der Waals surface area contributed by atoms with Gasteiger partial charge in [0.15, 0.2) is 0 Å². The van der Waals surface area contributed by atoms with Gasteiger partial charge in [0.2, 0.25) is 0 Å². The highest BCUT2D eigenvalue weighted by Gasteiger charge is 2.15. The third-order valence-corrected chi connectivity index (χ3v) is 4.40. The highest BCUT2D eigenvalue weighted by atomic mass is 79.9. The zero-order valence-corrected chi connectivity index (χ0v) is 14.7. The lowest BCUT2D eigenvalue weighted by Gasteiger charge is -2.15. The molecule has 0 bridgehead atoms. The van der Waals surface area contributed by atoms with Crippen LogP contribution in [-0.4, -0.2) is 11.7 Å². The van der Waals surface area contributed by atoms with Crippen molar-refractivity contribution in [3.8, 4) is 5.75 Å². The monoisotopic (exact) mass is 418 g/mol. The molecule has 20 heavy (non-hydrogen) atoms. The Balaban J connectivity index is 2.35. The molecule has 0 heterocycles.